The van der Waals surface area contributed by atoms with Crippen molar-refractivity contribution in [2.75, 3.05) is 32.9 Å². The lowest BCUT2D eigenvalue weighted by atomic mass is 9.81. The van der Waals surface area contributed by atoms with Crippen molar-refractivity contribution in [1.29, 1.82) is 0 Å². The van der Waals surface area contributed by atoms with Gasteiger partial charge in [-0.05, 0) is 18.1 Å². The lowest BCUT2D eigenvalue weighted by Gasteiger charge is -2.41. The van der Waals surface area contributed by atoms with E-state index in [1.807, 2.05) is 0 Å². The van der Waals surface area contributed by atoms with Gasteiger partial charge in [0.05, 0.1) is 25.2 Å². The van der Waals surface area contributed by atoms with Crippen LogP contribution in [0.5, 0.6) is 0 Å². The minimum atomic E-state index is -0.0538. The number of nitrogens with one attached hydrogen (secondary N) is 1. The number of aliphatic hydroxyl groups excluding tert-OH is 1. The van der Waals surface area contributed by atoms with E-state index in [4.69, 9.17) is 4.74 Å². The maximum absolute atomic E-state index is 9.41. The van der Waals surface area contributed by atoms with Crippen LogP contribution in [0.2, 0.25) is 0 Å². The van der Waals surface area contributed by atoms with Crippen molar-refractivity contribution in [3.63, 3.8) is 0 Å². The second-order valence-corrected chi connectivity index (χ2v) is 6.45. The number of aryl methyl sites for hydroxylation is 1. The molecule has 0 unspecified atom stereocenters. The fourth-order valence-corrected chi connectivity index (χ4v) is 2.71. The predicted octanol–water partition coefficient (Wildman–Crippen LogP) is 1.87. The third-order valence-electron chi connectivity index (χ3n) is 4.09. The molecule has 0 bridgehead atoms. The van der Waals surface area contributed by atoms with Gasteiger partial charge in [-0.25, -0.2) is 0 Å². The number of aliphatic hydroxyl groups is 1. The molecule has 1 aromatic rings. The summed E-state index contributed by atoms with van der Waals surface area (Å²) in [6.07, 6.45) is 0. The van der Waals surface area contributed by atoms with Crippen LogP contribution in [-0.4, -0.2) is 38.0 Å². The molecule has 1 heterocycles. The highest BCUT2D eigenvalue weighted by Gasteiger charge is 2.38. The Morgan fingerprint density at radius 1 is 1.32 bits per heavy atom. The molecule has 0 radical (unpaired) electrons. The highest BCUT2D eigenvalue weighted by atomic mass is 16.5. The van der Waals surface area contributed by atoms with Crippen LogP contribution in [0.25, 0.3) is 0 Å². The number of hydrogen-bond acceptors (Lipinski definition) is 3. The largest absolute Gasteiger partial charge is 0.396 e. The summed E-state index contributed by atoms with van der Waals surface area (Å²) in [6.45, 7) is 9.92. The van der Waals surface area contributed by atoms with Gasteiger partial charge in [0, 0.05) is 18.5 Å². The minimum absolute atomic E-state index is 0.0538. The average molecular weight is 263 g/mol. The Labute approximate surface area is 116 Å². The monoisotopic (exact) mass is 263 g/mol. The fraction of sp³-hybridized carbons (Fsp3) is 0.625. The normalized spacial score (nSPS) is 18.1. The van der Waals surface area contributed by atoms with E-state index in [1.54, 1.807) is 0 Å². The van der Waals surface area contributed by atoms with Crippen LogP contribution in [0.15, 0.2) is 24.3 Å². The molecule has 3 nitrogen and oxygen atoms in total. The van der Waals surface area contributed by atoms with Crippen molar-refractivity contribution in [2.24, 2.45) is 5.41 Å². The molecule has 0 saturated carbocycles. The number of rotatable bonds is 6. The molecular weight excluding hydrogens is 238 g/mol. The smallest absolute Gasteiger partial charge is 0.0579 e. The van der Waals surface area contributed by atoms with Gasteiger partial charge in [0.25, 0.3) is 0 Å². The molecule has 1 aromatic carbocycles. The number of hydrogen-bond donors (Lipinski definition) is 2. The van der Waals surface area contributed by atoms with E-state index in [2.05, 4.69) is 50.4 Å². The molecule has 0 spiro atoms. The molecule has 2 N–H and O–H groups in total. The number of benzene rings is 1. The van der Waals surface area contributed by atoms with Crippen molar-refractivity contribution in [3.8, 4) is 0 Å². The van der Waals surface area contributed by atoms with E-state index in [1.165, 1.54) is 11.1 Å². The maximum Gasteiger partial charge on any atom is 0.0579 e. The lowest BCUT2D eigenvalue weighted by molar-refractivity contribution is -0.134. The van der Waals surface area contributed by atoms with Crippen LogP contribution < -0.4 is 5.32 Å². The van der Waals surface area contributed by atoms with Crippen molar-refractivity contribution in [1.82, 2.24) is 5.32 Å². The first-order chi connectivity index (χ1) is 8.99. The van der Waals surface area contributed by atoms with Gasteiger partial charge in [0.2, 0.25) is 0 Å². The molecule has 0 aromatic heterocycles. The second kappa shape index (κ2) is 5.61. The fourth-order valence-electron chi connectivity index (χ4n) is 2.71. The summed E-state index contributed by atoms with van der Waals surface area (Å²) < 4.78 is 5.22. The summed E-state index contributed by atoms with van der Waals surface area (Å²) in [4.78, 5) is 0. The first-order valence-electron chi connectivity index (χ1n) is 6.95. The topological polar surface area (TPSA) is 41.5 Å². The Balaban J connectivity index is 1.93. The van der Waals surface area contributed by atoms with E-state index in [0.717, 1.165) is 13.1 Å². The number of ether oxygens (including phenoxy) is 1. The molecule has 0 atom stereocenters. The molecule has 0 aliphatic carbocycles. The highest BCUT2D eigenvalue weighted by Crippen LogP contribution is 2.28. The van der Waals surface area contributed by atoms with Gasteiger partial charge < -0.3 is 15.2 Å². The van der Waals surface area contributed by atoms with Crippen LogP contribution in [0.1, 0.15) is 25.0 Å². The summed E-state index contributed by atoms with van der Waals surface area (Å²) in [5.74, 6) is 0. The molecule has 1 aliphatic heterocycles. The molecule has 106 valence electrons. The molecule has 0 amide bonds. The van der Waals surface area contributed by atoms with Crippen LogP contribution in [0.4, 0.5) is 0 Å². The maximum atomic E-state index is 9.41. The van der Waals surface area contributed by atoms with Gasteiger partial charge in [0.15, 0.2) is 0 Å². The summed E-state index contributed by atoms with van der Waals surface area (Å²) in [5, 5.41) is 12.9. The average Bonchev–Trinajstić information content (AvgIpc) is 2.33. The Kier molecular flexibility index (Phi) is 4.29. The third kappa shape index (κ3) is 3.16. The van der Waals surface area contributed by atoms with E-state index in [9.17, 15) is 5.11 Å². The zero-order valence-electron chi connectivity index (χ0n) is 12.2. The molecule has 3 heteroatoms. The van der Waals surface area contributed by atoms with Crippen LogP contribution >= 0.6 is 0 Å². The van der Waals surface area contributed by atoms with Crippen molar-refractivity contribution < 1.29 is 9.84 Å². The van der Waals surface area contributed by atoms with E-state index < -0.39 is 0 Å². The van der Waals surface area contributed by atoms with Crippen LogP contribution in [0.3, 0.4) is 0 Å². The quantitative estimate of drug-likeness (QED) is 0.823. The first kappa shape index (κ1) is 14.5. The molecular formula is C16H25NO2. The van der Waals surface area contributed by atoms with E-state index >= 15 is 0 Å². The van der Waals surface area contributed by atoms with E-state index in [0.29, 0.717) is 13.2 Å². The predicted molar refractivity (Wildman–Crippen MR) is 77.4 cm³/mol. The van der Waals surface area contributed by atoms with Gasteiger partial charge in [-0.1, -0.05) is 38.1 Å². The standard InChI is InChI=1S/C16H25NO2/c1-13-6-4-5-7-14(13)15(2,3)8-17-9-16(10-18)11-19-12-16/h4-7,17-18H,8-12H2,1-3H3. The summed E-state index contributed by atoms with van der Waals surface area (Å²) in [5.41, 5.74) is 2.75. The van der Waals surface area contributed by atoms with Crippen molar-refractivity contribution in [3.05, 3.63) is 35.4 Å². The molecule has 2 rings (SSSR count). The van der Waals surface area contributed by atoms with Crippen LogP contribution in [-0.2, 0) is 10.2 Å². The van der Waals surface area contributed by atoms with E-state index in [-0.39, 0.29) is 17.4 Å². The summed E-state index contributed by atoms with van der Waals surface area (Å²) in [6, 6.07) is 8.53. The zero-order valence-corrected chi connectivity index (χ0v) is 12.2. The highest BCUT2D eigenvalue weighted by molar-refractivity contribution is 5.32. The Morgan fingerprint density at radius 3 is 2.53 bits per heavy atom. The van der Waals surface area contributed by atoms with Crippen LogP contribution in [0, 0.1) is 12.3 Å². The first-order valence-corrected chi connectivity index (χ1v) is 6.95. The molecule has 1 aliphatic rings. The van der Waals surface area contributed by atoms with Gasteiger partial charge in [-0.15, -0.1) is 0 Å². The van der Waals surface area contributed by atoms with Gasteiger partial charge >= 0.3 is 0 Å². The molecule has 19 heavy (non-hydrogen) atoms. The minimum Gasteiger partial charge on any atom is -0.396 e. The summed E-state index contributed by atoms with van der Waals surface area (Å²) in [7, 11) is 0. The Morgan fingerprint density at radius 2 is 2.00 bits per heavy atom. The SMILES string of the molecule is Cc1ccccc1C(C)(C)CNCC1(CO)COC1. The second-order valence-electron chi connectivity index (χ2n) is 6.45. The zero-order chi connectivity index (χ0) is 13.9. The summed E-state index contributed by atoms with van der Waals surface area (Å²) >= 11 is 0. The van der Waals surface area contributed by atoms with Gasteiger partial charge in [-0.3, -0.25) is 0 Å². The Bertz CT molecular complexity index is 419. The van der Waals surface area contributed by atoms with Gasteiger partial charge in [-0.2, -0.15) is 0 Å². The van der Waals surface area contributed by atoms with Crippen molar-refractivity contribution >= 4 is 0 Å². The molecule has 1 saturated heterocycles. The third-order valence-corrected chi connectivity index (χ3v) is 4.09. The lowest BCUT2D eigenvalue weighted by Crippen LogP contribution is -2.53. The van der Waals surface area contributed by atoms with Gasteiger partial charge in [0.1, 0.15) is 0 Å². The molecule has 1 fully saturated rings. The van der Waals surface area contributed by atoms with Crippen molar-refractivity contribution in [2.45, 2.75) is 26.2 Å². The Hall–Kier alpha value is -0.900.